The Hall–Kier alpha value is -1.92. The third-order valence-electron chi connectivity index (χ3n) is 2.35. The van der Waals surface area contributed by atoms with E-state index in [1.165, 1.54) is 4.68 Å². The zero-order valence-electron chi connectivity index (χ0n) is 7.79. The molecule has 0 spiro atoms. The highest BCUT2D eigenvalue weighted by Gasteiger charge is 2.30. The van der Waals surface area contributed by atoms with E-state index in [-0.39, 0.29) is 5.69 Å². The number of hydrogen-bond acceptors (Lipinski definition) is 4. The van der Waals surface area contributed by atoms with Crippen molar-refractivity contribution in [2.45, 2.75) is 19.4 Å². The lowest BCUT2D eigenvalue weighted by Gasteiger charge is -2.00. The van der Waals surface area contributed by atoms with Crippen molar-refractivity contribution in [1.82, 2.24) is 9.78 Å². The Morgan fingerprint density at radius 1 is 1.73 bits per heavy atom. The number of rotatable bonds is 4. The molecule has 1 aromatic heterocycles. The highest BCUT2D eigenvalue weighted by molar-refractivity contribution is 5.90. The molecule has 0 unspecified atom stereocenters. The molecule has 1 saturated carbocycles. The maximum Gasteiger partial charge on any atom is 0.361 e. The average Bonchev–Trinajstić information content (AvgIpc) is 2.82. The standard InChI is InChI=1S/C8H9N3O4/c12-8(13)7-6(11(14)15)3-9-10(7)4-5-1-2-5/h3,5H,1-2,4H2,(H,12,13). The fourth-order valence-corrected chi connectivity index (χ4v) is 1.41. The number of hydrogen-bond donors (Lipinski definition) is 1. The molecule has 2 rings (SSSR count). The van der Waals surface area contributed by atoms with Gasteiger partial charge in [-0.3, -0.25) is 14.8 Å². The van der Waals surface area contributed by atoms with Crippen LogP contribution in [0.3, 0.4) is 0 Å². The molecule has 7 heteroatoms. The van der Waals surface area contributed by atoms with E-state index in [4.69, 9.17) is 5.11 Å². The maximum atomic E-state index is 10.8. The molecule has 0 aromatic carbocycles. The van der Waals surface area contributed by atoms with Crippen molar-refractivity contribution in [2.75, 3.05) is 0 Å². The number of nitro groups is 1. The lowest BCUT2D eigenvalue weighted by Crippen LogP contribution is -2.12. The van der Waals surface area contributed by atoms with Crippen molar-refractivity contribution >= 4 is 11.7 Å². The highest BCUT2D eigenvalue weighted by atomic mass is 16.6. The maximum absolute atomic E-state index is 10.8. The molecule has 15 heavy (non-hydrogen) atoms. The third-order valence-corrected chi connectivity index (χ3v) is 2.35. The first-order chi connectivity index (χ1) is 7.09. The lowest BCUT2D eigenvalue weighted by atomic mass is 10.3. The summed E-state index contributed by atoms with van der Waals surface area (Å²) < 4.78 is 1.21. The Bertz CT molecular complexity index is 422. The van der Waals surface area contributed by atoms with E-state index in [0.29, 0.717) is 12.5 Å². The fourth-order valence-electron chi connectivity index (χ4n) is 1.41. The molecule has 1 aliphatic rings. The Balaban J connectivity index is 2.36. The van der Waals surface area contributed by atoms with Crippen LogP contribution in [-0.2, 0) is 6.54 Å². The van der Waals surface area contributed by atoms with Gasteiger partial charge in [0.05, 0.1) is 4.92 Å². The molecule has 1 heterocycles. The second-order valence-electron chi connectivity index (χ2n) is 3.57. The first-order valence-corrected chi connectivity index (χ1v) is 4.53. The van der Waals surface area contributed by atoms with Gasteiger partial charge in [0.25, 0.3) is 0 Å². The molecular weight excluding hydrogens is 202 g/mol. The van der Waals surface area contributed by atoms with Crippen LogP contribution in [0.15, 0.2) is 6.20 Å². The minimum atomic E-state index is -1.31. The number of carboxylic acids is 1. The average molecular weight is 211 g/mol. The summed E-state index contributed by atoms with van der Waals surface area (Å²) >= 11 is 0. The van der Waals surface area contributed by atoms with E-state index in [0.717, 1.165) is 19.0 Å². The minimum Gasteiger partial charge on any atom is -0.476 e. The molecule has 0 amide bonds. The topological polar surface area (TPSA) is 98.3 Å². The van der Waals surface area contributed by atoms with Crippen LogP contribution >= 0.6 is 0 Å². The molecule has 1 aromatic rings. The summed E-state index contributed by atoms with van der Waals surface area (Å²) in [5.41, 5.74) is -0.768. The lowest BCUT2D eigenvalue weighted by molar-refractivity contribution is -0.385. The SMILES string of the molecule is O=C(O)c1c([N+](=O)[O-])cnn1CC1CC1. The van der Waals surface area contributed by atoms with Crippen LogP contribution in [-0.4, -0.2) is 25.8 Å². The molecule has 1 aliphatic carbocycles. The molecular formula is C8H9N3O4. The van der Waals surface area contributed by atoms with E-state index in [9.17, 15) is 14.9 Å². The number of nitrogens with zero attached hydrogens (tertiary/aromatic N) is 3. The minimum absolute atomic E-state index is 0.327. The second-order valence-corrected chi connectivity index (χ2v) is 3.57. The van der Waals surface area contributed by atoms with Crippen LogP contribution in [0, 0.1) is 16.0 Å². The van der Waals surface area contributed by atoms with Gasteiger partial charge in [0.15, 0.2) is 0 Å². The van der Waals surface area contributed by atoms with E-state index < -0.39 is 16.6 Å². The van der Waals surface area contributed by atoms with Crippen LogP contribution < -0.4 is 0 Å². The predicted octanol–water partition coefficient (Wildman–Crippen LogP) is 0.899. The fraction of sp³-hybridized carbons (Fsp3) is 0.500. The number of aromatic carboxylic acids is 1. The monoisotopic (exact) mass is 211 g/mol. The van der Waals surface area contributed by atoms with Crippen molar-refractivity contribution < 1.29 is 14.8 Å². The molecule has 0 atom stereocenters. The summed E-state index contributed by atoms with van der Waals surface area (Å²) in [6.45, 7) is 0.454. The Morgan fingerprint density at radius 3 is 2.87 bits per heavy atom. The normalized spacial score (nSPS) is 15.2. The summed E-state index contributed by atoms with van der Waals surface area (Å²) in [5.74, 6) is -0.887. The van der Waals surface area contributed by atoms with E-state index in [2.05, 4.69) is 5.10 Å². The number of carboxylic acid groups (broad SMARTS) is 1. The summed E-state index contributed by atoms with van der Waals surface area (Å²) in [4.78, 5) is 20.7. The largest absolute Gasteiger partial charge is 0.476 e. The molecule has 1 N–H and O–H groups in total. The summed E-state index contributed by atoms with van der Waals surface area (Å²) in [5, 5.41) is 23.1. The van der Waals surface area contributed by atoms with Gasteiger partial charge in [-0.1, -0.05) is 0 Å². The van der Waals surface area contributed by atoms with E-state index in [1.54, 1.807) is 0 Å². The third kappa shape index (κ3) is 1.80. The molecule has 7 nitrogen and oxygen atoms in total. The van der Waals surface area contributed by atoms with Gasteiger partial charge >= 0.3 is 11.7 Å². The van der Waals surface area contributed by atoms with Crippen molar-refractivity contribution in [3.05, 3.63) is 22.0 Å². The summed E-state index contributed by atoms with van der Waals surface area (Å²) in [7, 11) is 0. The molecule has 0 bridgehead atoms. The van der Waals surface area contributed by atoms with Crippen molar-refractivity contribution in [1.29, 1.82) is 0 Å². The smallest absolute Gasteiger partial charge is 0.361 e. The van der Waals surface area contributed by atoms with E-state index >= 15 is 0 Å². The van der Waals surface area contributed by atoms with Gasteiger partial charge in [-0.2, -0.15) is 5.10 Å². The van der Waals surface area contributed by atoms with Gasteiger partial charge in [0.1, 0.15) is 6.20 Å². The zero-order valence-corrected chi connectivity index (χ0v) is 7.79. The molecule has 1 fully saturated rings. The molecule has 80 valence electrons. The highest BCUT2D eigenvalue weighted by Crippen LogP contribution is 2.31. The van der Waals surface area contributed by atoms with Crippen LogP contribution in [0.5, 0.6) is 0 Å². The van der Waals surface area contributed by atoms with Crippen molar-refractivity contribution in [3.63, 3.8) is 0 Å². The quantitative estimate of drug-likeness (QED) is 0.589. The van der Waals surface area contributed by atoms with Gasteiger partial charge < -0.3 is 5.11 Å². The van der Waals surface area contributed by atoms with Crippen LogP contribution in [0.2, 0.25) is 0 Å². The van der Waals surface area contributed by atoms with Crippen molar-refractivity contribution in [2.24, 2.45) is 5.92 Å². The number of aromatic nitrogens is 2. The number of carbonyl (C=O) groups is 1. The first-order valence-electron chi connectivity index (χ1n) is 4.53. The molecule has 0 saturated heterocycles. The summed E-state index contributed by atoms with van der Waals surface area (Å²) in [6.07, 6.45) is 3.06. The zero-order chi connectivity index (χ0) is 11.0. The van der Waals surface area contributed by atoms with Gasteiger partial charge in [0.2, 0.25) is 5.69 Å². The Labute approximate surface area is 84.5 Å². The predicted molar refractivity (Wildman–Crippen MR) is 48.6 cm³/mol. The van der Waals surface area contributed by atoms with Crippen molar-refractivity contribution in [3.8, 4) is 0 Å². The van der Waals surface area contributed by atoms with Gasteiger partial charge in [-0.05, 0) is 18.8 Å². The van der Waals surface area contributed by atoms with E-state index in [1.807, 2.05) is 0 Å². The van der Waals surface area contributed by atoms with Crippen LogP contribution in [0.4, 0.5) is 5.69 Å². The van der Waals surface area contributed by atoms with Gasteiger partial charge in [-0.15, -0.1) is 0 Å². The second kappa shape index (κ2) is 3.34. The summed E-state index contributed by atoms with van der Waals surface area (Å²) in [6, 6.07) is 0. The molecule has 0 aliphatic heterocycles. The van der Waals surface area contributed by atoms with Gasteiger partial charge in [0, 0.05) is 6.54 Å². The Kier molecular flexibility index (Phi) is 2.14. The van der Waals surface area contributed by atoms with Crippen LogP contribution in [0.25, 0.3) is 0 Å². The van der Waals surface area contributed by atoms with Gasteiger partial charge in [-0.25, -0.2) is 4.79 Å². The first kappa shape index (κ1) is 9.63. The van der Waals surface area contributed by atoms with Crippen LogP contribution in [0.1, 0.15) is 23.3 Å². The molecule has 0 radical (unpaired) electrons. The Morgan fingerprint density at radius 2 is 2.40 bits per heavy atom.